The number of carbonyl (C=O) groups is 2. The Morgan fingerprint density at radius 3 is 2.18 bits per heavy atom. The number of sulfonamides is 1. The number of carbonyl (C=O) groups excluding carboxylic acids is 2. The standard InChI is InChI=1S/C14H18N2O5S/c1-2-12(22(15,19)20)21-9-5-8-16-13(17)10-6-3-4-7-11(10)14(16)18/h3-4,6-7,12H,2,5,8-9H2,1H3,(H2,15,19,20). The van der Waals surface area contributed by atoms with Gasteiger partial charge in [-0.15, -0.1) is 0 Å². The predicted octanol–water partition coefficient (Wildman–Crippen LogP) is 0.714. The maximum atomic E-state index is 12.1. The van der Waals surface area contributed by atoms with Gasteiger partial charge in [0.1, 0.15) is 0 Å². The van der Waals surface area contributed by atoms with Crippen LogP contribution in [0, 0.1) is 0 Å². The number of hydrogen-bond acceptors (Lipinski definition) is 5. The second-order valence-electron chi connectivity index (χ2n) is 4.96. The molecular formula is C14H18N2O5S. The van der Waals surface area contributed by atoms with Gasteiger partial charge in [-0.1, -0.05) is 19.1 Å². The second-order valence-corrected chi connectivity index (χ2v) is 6.66. The van der Waals surface area contributed by atoms with Crippen molar-refractivity contribution in [2.75, 3.05) is 13.2 Å². The third kappa shape index (κ3) is 3.34. The molecule has 22 heavy (non-hydrogen) atoms. The maximum Gasteiger partial charge on any atom is 0.261 e. The van der Waals surface area contributed by atoms with Gasteiger partial charge in [-0.2, -0.15) is 0 Å². The molecule has 0 aromatic heterocycles. The van der Waals surface area contributed by atoms with E-state index in [4.69, 9.17) is 9.88 Å². The van der Waals surface area contributed by atoms with Crippen LogP contribution in [0.1, 0.15) is 40.5 Å². The summed E-state index contributed by atoms with van der Waals surface area (Å²) in [5.74, 6) is -0.668. The zero-order chi connectivity index (χ0) is 16.3. The van der Waals surface area contributed by atoms with Gasteiger partial charge in [0, 0.05) is 6.54 Å². The van der Waals surface area contributed by atoms with Gasteiger partial charge in [0.2, 0.25) is 10.0 Å². The summed E-state index contributed by atoms with van der Waals surface area (Å²) in [5, 5.41) is 5.02. The number of rotatable bonds is 7. The first-order chi connectivity index (χ1) is 10.4. The van der Waals surface area contributed by atoms with Crippen LogP contribution in [0.25, 0.3) is 0 Å². The van der Waals surface area contributed by atoms with E-state index in [1.807, 2.05) is 0 Å². The van der Waals surface area contributed by atoms with E-state index in [0.717, 1.165) is 4.90 Å². The SMILES string of the molecule is CCC(OCCCN1C(=O)c2ccccc2C1=O)S(N)(=O)=O. The molecular weight excluding hydrogens is 308 g/mol. The number of hydrogen-bond donors (Lipinski definition) is 1. The number of benzene rings is 1. The first kappa shape index (κ1) is 16.6. The van der Waals surface area contributed by atoms with E-state index in [2.05, 4.69) is 0 Å². The summed E-state index contributed by atoms with van der Waals surface area (Å²) < 4.78 is 27.6. The minimum absolute atomic E-state index is 0.0995. The van der Waals surface area contributed by atoms with Crippen LogP contribution in [0.5, 0.6) is 0 Å². The highest BCUT2D eigenvalue weighted by atomic mass is 32.2. The molecule has 0 radical (unpaired) electrons. The molecule has 0 bridgehead atoms. The summed E-state index contributed by atoms with van der Waals surface area (Å²) >= 11 is 0. The molecule has 0 saturated carbocycles. The Bertz CT molecular complexity index is 651. The summed E-state index contributed by atoms with van der Waals surface area (Å²) in [4.78, 5) is 25.3. The van der Waals surface area contributed by atoms with E-state index in [1.165, 1.54) is 0 Å². The van der Waals surface area contributed by atoms with Gasteiger partial charge in [-0.3, -0.25) is 14.5 Å². The lowest BCUT2D eigenvalue weighted by Crippen LogP contribution is -2.33. The molecule has 8 heteroatoms. The van der Waals surface area contributed by atoms with Crippen molar-refractivity contribution in [3.63, 3.8) is 0 Å². The fraction of sp³-hybridized carbons (Fsp3) is 0.429. The summed E-state index contributed by atoms with van der Waals surface area (Å²) in [6.07, 6.45) is 0.587. The van der Waals surface area contributed by atoms with Crippen LogP contribution in [0.3, 0.4) is 0 Å². The average Bonchev–Trinajstić information content (AvgIpc) is 2.71. The van der Waals surface area contributed by atoms with Crippen molar-refractivity contribution in [2.24, 2.45) is 5.14 Å². The zero-order valence-corrected chi connectivity index (χ0v) is 13.0. The Morgan fingerprint density at radius 1 is 1.18 bits per heavy atom. The van der Waals surface area contributed by atoms with Crippen molar-refractivity contribution >= 4 is 21.8 Å². The van der Waals surface area contributed by atoms with E-state index in [-0.39, 0.29) is 31.4 Å². The molecule has 7 nitrogen and oxygen atoms in total. The highest BCUT2D eigenvalue weighted by Gasteiger charge is 2.34. The maximum absolute atomic E-state index is 12.1. The molecule has 1 atom stereocenters. The molecule has 1 aliphatic rings. The summed E-state index contributed by atoms with van der Waals surface area (Å²) in [6, 6.07) is 6.63. The molecule has 0 fully saturated rings. The van der Waals surface area contributed by atoms with Crippen molar-refractivity contribution in [3.8, 4) is 0 Å². The molecule has 0 saturated heterocycles. The van der Waals surface area contributed by atoms with E-state index < -0.39 is 15.5 Å². The Kier molecular flexibility index (Phi) is 4.94. The van der Waals surface area contributed by atoms with Crippen molar-refractivity contribution in [1.29, 1.82) is 0 Å². The van der Waals surface area contributed by atoms with Crippen molar-refractivity contribution in [2.45, 2.75) is 25.2 Å². The molecule has 1 aromatic rings. The average molecular weight is 326 g/mol. The van der Waals surface area contributed by atoms with Crippen LogP contribution in [0.15, 0.2) is 24.3 Å². The third-order valence-corrected chi connectivity index (χ3v) is 4.61. The second kappa shape index (κ2) is 6.55. The molecule has 0 spiro atoms. The van der Waals surface area contributed by atoms with Gasteiger partial charge in [-0.05, 0) is 25.0 Å². The van der Waals surface area contributed by atoms with E-state index in [0.29, 0.717) is 17.5 Å². The van der Waals surface area contributed by atoms with Gasteiger partial charge in [0.25, 0.3) is 11.8 Å². The molecule has 0 aliphatic carbocycles. The lowest BCUT2D eigenvalue weighted by atomic mass is 10.1. The molecule has 1 aliphatic heterocycles. The Morgan fingerprint density at radius 2 is 1.73 bits per heavy atom. The van der Waals surface area contributed by atoms with Crippen LogP contribution in [-0.4, -0.2) is 43.7 Å². The normalized spacial score (nSPS) is 16.0. The van der Waals surface area contributed by atoms with Gasteiger partial charge < -0.3 is 4.74 Å². The van der Waals surface area contributed by atoms with Gasteiger partial charge in [0.05, 0.1) is 17.7 Å². The lowest BCUT2D eigenvalue weighted by Gasteiger charge is -2.16. The van der Waals surface area contributed by atoms with Gasteiger partial charge >= 0.3 is 0 Å². The Balaban J connectivity index is 1.89. The predicted molar refractivity (Wildman–Crippen MR) is 79.6 cm³/mol. The van der Waals surface area contributed by atoms with Gasteiger partial charge in [0.15, 0.2) is 5.44 Å². The van der Waals surface area contributed by atoms with E-state index in [9.17, 15) is 18.0 Å². The molecule has 1 aromatic carbocycles. The summed E-state index contributed by atoms with van der Waals surface area (Å²) in [6.45, 7) is 1.93. The topological polar surface area (TPSA) is 107 Å². The molecule has 1 unspecified atom stereocenters. The van der Waals surface area contributed by atoms with Crippen LogP contribution in [0.2, 0.25) is 0 Å². The Hall–Kier alpha value is -1.77. The van der Waals surface area contributed by atoms with Crippen LogP contribution >= 0.6 is 0 Å². The molecule has 2 rings (SSSR count). The largest absolute Gasteiger partial charge is 0.361 e. The third-order valence-electron chi connectivity index (χ3n) is 3.41. The molecule has 1 heterocycles. The number of nitrogens with two attached hydrogens (primary N) is 1. The smallest absolute Gasteiger partial charge is 0.261 e. The number of ether oxygens (including phenoxy) is 1. The Labute approximate surface area is 129 Å². The van der Waals surface area contributed by atoms with Crippen molar-refractivity contribution in [1.82, 2.24) is 4.90 Å². The summed E-state index contributed by atoms with van der Waals surface area (Å²) in [5.41, 5.74) is -0.275. The van der Waals surface area contributed by atoms with Crippen molar-refractivity contribution < 1.29 is 22.7 Å². The fourth-order valence-electron chi connectivity index (χ4n) is 2.32. The number of imide groups is 1. The lowest BCUT2D eigenvalue weighted by molar-refractivity contribution is 0.0606. The highest BCUT2D eigenvalue weighted by molar-refractivity contribution is 7.89. The first-order valence-electron chi connectivity index (χ1n) is 6.94. The van der Waals surface area contributed by atoms with Crippen LogP contribution in [-0.2, 0) is 14.8 Å². The molecule has 120 valence electrons. The highest BCUT2D eigenvalue weighted by Crippen LogP contribution is 2.22. The van der Waals surface area contributed by atoms with Gasteiger partial charge in [-0.25, -0.2) is 13.6 Å². The monoisotopic (exact) mass is 326 g/mol. The minimum atomic E-state index is -3.75. The summed E-state index contributed by atoms with van der Waals surface area (Å²) in [7, 11) is -3.75. The number of amides is 2. The number of nitrogens with zero attached hydrogens (tertiary/aromatic N) is 1. The van der Waals surface area contributed by atoms with E-state index >= 15 is 0 Å². The molecule has 2 N–H and O–H groups in total. The van der Waals surface area contributed by atoms with Crippen molar-refractivity contribution in [3.05, 3.63) is 35.4 Å². The fourth-order valence-corrected chi connectivity index (χ4v) is 3.08. The minimum Gasteiger partial charge on any atom is -0.361 e. The zero-order valence-electron chi connectivity index (χ0n) is 12.2. The van der Waals surface area contributed by atoms with E-state index in [1.54, 1.807) is 31.2 Å². The van der Waals surface area contributed by atoms with Crippen LogP contribution < -0.4 is 5.14 Å². The molecule has 2 amide bonds. The first-order valence-corrected chi connectivity index (χ1v) is 8.55. The number of fused-ring (bicyclic) bond motifs is 1. The quantitative estimate of drug-likeness (QED) is 0.587. The van der Waals surface area contributed by atoms with Crippen LogP contribution in [0.4, 0.5) is 0 Å². The number of primary sulfonamides is 1.